The van der Waals surface area contributed by atoms with Gasteiger partial charge in [0.25, 0.3) is 5.91 Å². The number of anilines is 1. The van der Waals surface area contributed by atoms with Gasteiger partial charge in [0.05, 0.1) is 17.1 Å². The summed E-state index contributed by atoms with van der Waals surface area (Å²) in [7, 11) is 0. The summed E-state index contributed by atoms with van der Waals surface area (Å²) in [6.07, 6.45) is 4.53. The highest BCUT2D eigenvalue weighted by Crippen LogP contribution is 2.28. The summed E-state index contributed by atoms with van der Waals surface area (Å²) >= 11 is 5.81. The molecule has 11 nitrogen and oxygen atoms in total. The second kappa shape index (κ2) is 12.1. The Labute approximate surface area is 240 Å². The highest BCUT2D eigenvalue weighted by atomic mass is 35.5. The van der Waals surface area contributed by atoms with Gasteiger partial charge in [0.1, 0.15) is 12.4 Å². The number of likely N-dealkylation sites (tertiary alicyclic amines) is 1. The zero-order valence-electron chi connectivity index (χ0n) is 22.4. The molecule has 3 aromatic rings. The molecule has 0 unspecified atom stereocenters. The third kappa shape index (κ3) is 6.59. The number of piperidine rings is 1. The number of nitrogens with zero attached hydrogens (tertiary/aromatic N) is 4. The first kappa shape index (κ1) is 28.3. The van der Waals surface area contributed by atoms with Crippen molar-refractivity contribution in [2.45, 2.75) is 51.2 Å². The van der Waals surface area contributed by atoms with E-state index in [9.17, 15) is 23.6 Å². The minimum Gasteiger partial charge on any atom is -0.364 e. The zero-order valence-corrected chi connectivity index (χ0v) is 23.1. The third-order valence-electron chi connectivity index (χ3n) is 7.29. The Balaban J connectivity index is 1.28. The lowest BCUT2D eigenvalue weighted by Gasteiger charge is -2.26. The number of hydrogen-bond acceptors (Lipinski definition) is 5. The van der Waals surface area contributed by atoms with Crippen LogP contribution in [0.5, 0.6) is 0 Å². The van der Waals surface area contributed by atoms with Crippen molar-refractivity contribution in [1.29, 1.82) is 0 Å². The van der Waals surface area contributed by atoms with Crippen molar-refractivity contribution in [2.75, 3.05) is 25.0 Å². The predicted octanol–water partition coefficient (Wildman–Crippen LogP) is 3.25. The fourth-order valence-corrected chi connectivity index (χ4v) is 5.17. The lowest BCUT2D eigenvalue weighted by atomic mass is 10.1. The summed E-state index contributed by atoms with van der Waals surface area (Å²) in [5.41, 5.74) is 6.76. The Bertz CT molecular complexity index is 1500. The molecule has 0 radical (unpaired) electrons. The van der Waals surface area contributed by atoms with Gasteiger partial charge >= 0.3 is 6.03 Å². The average molecular weight is 584 g/mol. The molecule has 0 spiro atoms. The summed E-state index contributed by atoms with van der Waals surface area (Å²) in [5, 5.41) is 10.2. The van der Waals surface area contributed by atoms with Crippen LogP contribution < -0.4 is 16.4 Å². The van der Waals surface area contributed by atoms with Crippen LogP contribution in [-0.2, 0) is 22.7 Å². The van der Waals surface area contributed by atoms with Gasteiger partial charge in [-0.25, -0.2) is 9.18 Å². The largest absolute Gasteiger partial charge is 0.364 e. The maximum absolute atomic E-state index is 14.2. The van der Waals surface area contributed by atoms with Gasteiger partial charge in [-0.05, 0) is 56.4 Å². The second-order valence-corrected chi connectivity index (χ2v) is 10.7. The molecule has 0 bridgehead atoms. The molecular weight excluding hydrogens is 553 g/mol. The van der Waals surface area contributed by atoms with Crippen LogP contribution in [0.2, 0.25) is 5.02 Å². The van der Waals surface area contributed by atoms with Crippen LogP contribution in [0.15, 0.2) is 36.4 Å². The Morgan fingerprint density at radius 2 is 1.85 bits per heavy atom. The molecule has 2 aliphatic rings. The van der Waals surface area contributed by atoms with Crippen LogP contribution >= 0.6 is 11.6 Å². The number of amides is 5. The molecule has 5 rings (SSSR count). The molecule has 0 atom stereocenters. The average Bonchev–Trinajstić information content (AvgIpc) is 3.74. The second-order valence-electron chi connectivity index (χ2n) is 10.3. The molecule has 4 N–H and O–H groups in total. The lowest BCUT2D eigenvalue weighted by molar-refractivity contribution is -0.137. The molecule has 216 valence electrons. The van der Waals surface area contributed by atoms with Crippen molar-refractivity contribution < 1.29 is 23.6 Å². The molecule has 41 heavy (non-hydrogen) atoms. The number of hydrogen-bond donors (Lipinski definition) is 3. The first-order chi connectivity index (χ1) is 19.7. The van der Waals surface area contributed by atoms with Crippen molar-refractivity contribution in [3.05, 3.63) is 58.5 Å². The van der Waals surface area contributed by atoms with Crippen LogP contribution in [-0.4, -0.2) is 69.0 Å². The number of carbonyl (C=O) groups is 4. The number of benzene rings is 2. The number of urea groups is 1. The van der Waals surface area contributed by atoms with E-state index in [0.717, 1.165) is 32.1 Å². The number of carbonyl (C=O) groups excluding carboxylic acids is 4. The molecule has 2 fully saturated rings. The summed E-state index contributed by atoms with van der Waals surface area (Å²) < 4.78 is 15.5. The van der Waals surface area contributed by atoms with E-state index in [0.29, 0.717) is 29.7 Å². The monoisotopic (exact) mass is 583 g/mol. The maximum atomic E-state index is 14.2. The van der Waals surface area contributed by atoms with E-state index >= 15 is 0 Å². The summed E-state index contributed by atoms with van der Waals surface area (Å²) in [5.74, 6) is -2.18. The number of rotatable bonds is 9. The first-order valence-corrected chi connectivity index (χ1v) is 13.9. The fourth-order valence-electron chi connectivity index (χ4n) is 4.97. The van der Waals surface area contributed by atoms with Crippen molar-refractivity contribution >= 4 is 51.9 Å². The van der Waals surface area contributed by atoms with E-state index in [1.807, 2.05) is 0 Å². The van der Waals surface area contributed by atoms with E-state index < -0.39 is 17.6 Å². The van der Waals surface area contributed by atoms with E-state index in [4.69, 9.17) is 17.3 Å². The highest BCUT2D eigenvalue weighted by molar-refractivity contribution is 6.30. The van der Waals surface area contributed by atoms with Gasteiger partial charge in [-0.1, -0.05) is 23.7 Å². The Kier molecular flexibility index (Phi) is 8.39. The number of nitrogens with two attached hydrogens (primary N) is 1. The number of aromatic nitrogens is 2. The standard InChI is InChI=1S/C28H31ClFN7O4/c29-21-6-4-5-17(25(21)30)14-32-23(38)15-36(19-8-9-19)24(39)16-37-22-10-7-18(13-20(22)26(34-37)27(31)40)33-28(41)35-11-2-1-3-12-35/h4-7,10,13,19H,1-3,8-9,11-12,14-16H2,(H2,31,40)(H,32,38)(H,33,41). The van der Waals surface area contributed by atoms with Gasteiger partial charge in [0.2, 0.25) is 11.8 Å². The SMILES string of the molecule is NC(=O)c1nn(CC(=O)N(CC(=O)NCc2cccc(Cl)c2F)C2CC2)c2ccc(NC(=O)N3CCCCC3)cc12. The molecule has 5 amide bonds. The minimum atomic E-state index is -0.771. The maximum Gasteiger partial charge on any atom is 0.321 e. The van der Waals surface area contributed by atoms with Crippen LogP contribution in [0, 0.1) is 5.82 Å². The van der Waals surface area contributed by atoms with Crippen molar-refractivity contribution in [3.63, 3.8) is 0 Å². The summed E-state index contributed by atoms with van der Waals surface area (Å²) in [6, 6.07) is 9.19. The third-order valence-corrected chi connectivity index (χ3v) is 7.58. The van der Waals surface area contributed by atoms with Gasteiger partial charge in [-0.15, -0.1) is 0 Å². The van der Waals surface area contributed by atoms with E-state index in [2.05, 4.69) is 15.7 Å². The Morgan fingerprint density at radius 1 is 1.10 bits per heavy atom. The molecule has 2 heterocycles. The number of nitrogens with one attached hydrogen (secondary N) is 2. The van der Waals surface area contributed by atoms with Gasteiger partial charge in [-0.3, -0.25) is 19.1 Å². The quantitative estimate of drug-likeness (QED) is 0.354. The molecule has 1 aliphatic carbocycles. The van der Waals surface area contributed by atoms with Gasteiger partial charge < -0.3 is 26.2 Å². The molecule has 2 aromatic carbocycles. The normalized spacial score (nSPS) is 15.0. The zero-order chi connectivity index (χ0) is 29.1. The molecule has 1 saturated heterocycles. The highest BCUT2D eigenvalue weighted by Gasteiger charge is 2.34. The topological polar surface area (TPSA) is 143 Å². The number of primary amides is 1. The number of fused-ring (bicyclic) bond motifs is 1. The van der Waals surface area contributed by atoms with Gasteiger partial charge in [0.15, 0.2) is 5.69 Å². The fraction of sp³-hybridized carbons (Fsp3) is 0.393. The Hall–Kier alpha value is -4.19. The molecular formula is C28H31ClFN7O4. The molecule has 1 aromatic heterocycles. The Morgan fingerprint density at radius 3 is 2.56 bits per heavy atom. The van der Waals surface area contributed by atoms with Gasteiger partial charge in [0, 0.05) is 42.3 Å². The molecule has 1 saturated carbocycles. The van der Waals surface area contributed by atoms with Crippen LogP contribution in [0.25, 0.3) is 10.9 Å². The minimum absolute atomic E-state index is 0.0267. The smallest absolute Gasteiger partial charge is 0.321 e. The summed E-state index contributed by atoms with van der Waals surface area (Å²) in [4.78, 5) is 54.1. The first-order valence-electron chi connectivity index (χ1n) is 13.6. The van der Waals surface area contributed by atoms with E-state index in [1.165, 1.54) is 21.7 Å². The molecule has 13 heteroatoms. The van der Waals surface area contributed by atoms with Crippen LogP contribution in [0.4, 0.5) is 14.9 Å². The lowest BCUT2D eigenvalue weighted by Crippen LogP contribution is -2.43. The van der Waals surface area contributed by atoms with Crippen molar-refractivity contribution in [2.24, 2.45) is 5.73 Å². The molecule has 1 aliphatic heterocycles. The summed E-state index contributed by atoms with van der Waals surface area (Å²) in [6.45, 7) is 0.873. The van der Waals surface area contributed by atoms with Crippen LogP contribution in [0.1, 0.15) is 48.2 Å². The van der Waals surface area contributed by atoms with Gasteiger partial charge in [-0.2, -0.15) is 5.10 Å². The predicted molar refractivity (Wildman–Crippen MR) is 151 cm³/mol. The number of halogens is 2. The van der Waals surface area contributed by atoms with Crippen LogP contribution in [0.3, 0.4) is 0 Å². The van der Waals surface area contributed by atoms with Crippen molar-refractivity contribution in [3.8, 4) is 0 Å². The van der Waals surface area contributed by atoms with E-state index in [-0.39, 0.29) is 53.9 Å². The van der Waals surface area contributed by atoms with E-state index in [1.54, 1.807) is 29.2 Å². The van der Waals surface area contributed by atoms with Crippen molar-refractivity contribution in [1.82, 2.24) is 24.9 Å².